The number of hydrogen-bond acceptors (Lipinski definition) is 8. The number of halogens is 2. The molecule has 3 fully saturated rings. The van der Waals surface area contributed by atoms with Crippen LogP contribution in [0, 0.1) is 0 Å². The highest BCUT2D eigenvalue weighted by atomic mass is 79.9. The second kappa shape index (κ2) is 17.2. The quantitative estimate of drug-likeness (QED) is 0.255. The summed E-state index contributed by atoms with van der Waals surface area (Å²) in [5.74, 6) is -0.803. The second-order valence-electron chi connectivity index (χ2n) is 14.4. The number of fused-ring (bicyclic) bond motifs is 1. The summed E-state index contributed by atoms with van der Waals surface area (Å²) >= 11 is 6.83. The van der Waals surface area contributed by atoms with Crippen LogP contribution >= 0.6 is 31.9 Å². The Labute approximate surface area is 317 Å². The van der Waals surface area contributed by atoms with Crippen LogP contribution in [0.25, 0.3) is 0 Å². The van der Waals surface area contributed by atoms with E-state index in [1.165, 1.54) is 6.42 Å². The molecule has 0 radical (unpaired) electrons. The number of para-hydroxylation sites is 1. The van der Waals surface area contributed by atoms with E-state index < -0.39 is 6.04 Å². The summed E-state index contributed by atoms with van der Waals surface area (Å²) in [6.45, 7) is 7.70. The van der Waals surface area contributed by atoms with E-state index in [9.17, 15) is 19.2 Å². The van der Waals surface area contributed by atoms with Gasteiger partial charge in [-0.3, -0.25) is 24.2 Å². The Hall–Kier alpha value is -3.04. The van der Waals surface area contributed by atoms with E-state index in [2.05, 4.69) is 64.2 Å². The summed E-state index contributed by atoms with van der Waals surface area (Å²) in [5.41, 5.74) is 8.88. The maximum absolute atomic E-state index is 14.1. The van der Waals surface area contributed by atoms with Crippen LogP contribution in [0.15, 0.2) is 45.3 Å². The molecule has 2 aromatic rings. The molecule has 4 aliphatic rings. The third-order valence-corrected chi connectivity index (χ3v) is 12.3. The monoisotopic (exact) mass is 828 g/mol. The van der Waals surface area contributed by atoms with Crippen molar-refractivity contribution >= 4 is 66.9 Å². The zero-order valence-corrected chi connectivity index (χ0v) is 32.6. The number of anilines is 2. The van der Waals surface area contributed by atoms with Gasteiger partial charge in [0.25, 0.3) is 0 Å². The maximum atomic E-state index is 14.1. The summed E-state index contributed by atoms with van der Waals surface area (Å²) in [7, 11) is 2.18. The molecule has 6 rings (SSSR count). The first-order valence-corrected chi connectivity index (χ1v) is 19.8. The fourth-order valence-corrected chi connectivity index (χ4v) is 9.11. The first kappa shape index (κ1) is 37.7. The number of benzene rings is 2. The van der Waals surface area contributed by atoms with E-state index >= 15 is 0 Å². The highest BCUT2D eigenvalue weighted by Gasteiger charge is 2.35. The molecule has 4 N–H and O–H groups in total. The Bertz CT molecular complexity index is 1570. The minimum absolute atomic E-state index is 0.0133. The van der Waals surface area contributed by atoms with Gasteiger partial charge in [-0.05, 0) is 114 Å². The second-order valence-corrected chi connectivity index (χ2v) is 16.1. The SMILES string of the molecule is CN1CCCN(C2CCN(CC(=O)N[C@@H](CC(=O)c3cc(Br)c(N)c(Br)c3)C(=O)N3CCC(N4CCc5ccccc5NC4=O)CC3)CC2)CC1. The van der Waals surface area contributed by atoms with Gasteiger partial charge >= 0.3 is 6.03 Å². The van der Waals surface area contributed by atoms with Gasteiger partial charge in [-0.25, -0.2) is 4.79 Å². The van der Waals surface area contributed by atoms with Crippen molar-refractivity contribution in [2.75, 3.05) is 83.5 Å². The Morgan fingerprint density at radius 2 is 1.59 bits per heavy atom. The number of hydrogen-bond donors (Lipinski definition) is 3. The molecule has 2 aromatic carbocycles. The summed E-state index contributed by atoms with van der Waals surface area (Å²) < 4.78 is 1.15. The molecule has 276 valence electrons. The first-order chi connectivity index (χ1) is 24.5. The fraction of sp³-hybridized carbons (Fsp3) is 0.568. The zero-order valence-electron chi connectivity index (χ0n) is 29.4. The molecule has 0 bridgehead atoms. The Morgan fingerprint density at radius 3 is 2.31 bits per heavy atom. The molecule has 0 unspecified atom stereocenters. The van der Waals surface area contributed by atoms with Crippen LogP contribution in [0.3, 0.4) is 0 Å². The summed E-state index contributed by atoms with van der Waals surface area (Å²) in [6.07, 6.45) is 5.01. The summed E-state index contributed by atoms with van der Waals surface area (Å²) in [4.78, 5) is 65.2. The number of carbonyl (C=O) groups is 4. The Balaban J connectivity index is 1.07. The predicted molar refractivity (Wildman–Crippen MR) is 206 cm³/mol. The van der Waals surface area contributed by atoms with E-state index in [1.807, 2.05) is 29.2 Å². The molecule has 4 aliphatic heterocycles. The van der Waals surface area contributed by atoms with Crippen LogP contribution < -0.4 is 16.4 Å². The molecule has 0 spiro atoms. The highest BCUT2D eigenvalue weighted by Crippen LogP contribution is 2.31. The third-order valence-electron chi connectivity index (χ3n) is 11.0. The van der Waals surface area contributed by atoms with Crippen LogP contribution in [0.4, 0.5) is 16.2 Å². The first-order valence-electron chi connectivity index (χ1n) is 18.2. The standard InChI is InChI=1S/C37H50Br2N8O4/c1-43-12-4-13-45(20-19-43)27-8-14-44(15-9-27)24-34(49)41-32(23-33(48)26-21-29(38)35(40)30(39)22-26)36(50)46-16-10-28(11-17-46)47-18-7-25-5-2-3-6-31(25)42-37(47)51/h2-3,5-6,21-22,27-28,32H,4,7-20,23-24,40H2,1H3,(H,41,49)(H,42,51)/t32-/m0/s1. The number of Topliss-reactive ketones (excluding diaryl/α,β-unsaturated/α-hetero) is 1. The number of amides is 4. The summed E-state index contributed by atoms with van der Waals surface area (Å²) in [5, 5.41) is 6.01. The minimum Gasteiger partial charge on any atom is -0.397 e. The van der Waals surface area contributed by atoms with Crippen molar-refractivity contribution in [2.45, 2.75) is 63.1 Å². The molecule has 3 saturated heterocycles. The maximum Gasteiger partial charge on any atom is 0.322 e. The lowest BCUT2D eigenvalue weighted by atomic mass is 9.99. The van der Waals surface area contributed by atoms with Crippen molar-refractivity contribution in [2.24, 2.45) is 0 Å². The Kier molecular flexibility index (Phi) is 12.7. The van der Waals surface area contributed by atoms with Gasteiger partial charge < -0.3 is 31.1 Å². The van der Waals surface area contributed by atoms with Gasteiger partial charge in [0.15, 0.2) is 5.78 Å². The average molecular weight is 831 g/mol. The fourth-order valence-electron chi connectivity index (χ4n) is 7.92. The van der Waals surface area contributed by atoms with E-state index in [-0.39, 0.29) is 42.6 Å². The Morgan fingerprint density at radius 1 is 0.902 bits per heavy atom. The van der Waals surface area contributed by atoms with Gasteiger partial charge in [-0.1, -0.05) is 18.2 Å². The number of nitrogens with one attached hydrogen (secondary N) is 2. The lowest BCUT2D eigenvalue weighted by Crippen LogP contribution is -2.56. The average Bonchev–Trinajstić information content (AvgIpc) is 3.45. The number of likely N-dealkylation sites (N-methyl/N-ethyl adjacent to an activating group) is 1. The van der Waals surface area contributed by atoms with Crippen LogP contribution in [0.2, 0.25) is 0 Å². The molecule has 14 heteroatoms. The summed E-state index contributed by atoms with van der Waals surface area (Å²) in [6, 6.07) is 10.5. The van der Waals surface area contributed by atoms with Gasteiger partial charge in [0.05, 0.1) is 12.2 Å². The molecule has 0 saturated carbocycles. The number of rotatable bonds is 9. The topological polar surface area (TPSA) is 135 Å². The van der Waals surface area contributed by atoms with Crippen molar-refractivity contribution in [1.82, 2.24) is 29.8 Å². The lowest BCUT2D eigenvalue weighted by molar-refractivity contribution is -0.138. The van der Waals surface area contributed by atoms with E-state index in [0.29, 0.717) is 58.7 Å². The molecule has 0 aromatic heterocycles. The molecule has 4 amide bonds. The van der Waals surface area contributed by atoms with Crippen LogP contribution in [-0.4, -0.2) is 139 Å². The van der Waals surface area contributed by atoms with Crippen LogP contribution in [0.5, 0.6) is 0 Å². The molecule has 12 nitrogen and oxygen atoms in total. The largest absolute Gasteiger partial charge is 0.397 e. The molecule has 0 aliphatic carbocycles. The molecular formula is C37H50Br2N8O4. The smallest absolute Gasteiger partial charge is 0.322 e. The number of carbonyl (C=O) groups excluding carboxylic acids is 4. The van der Waals surface area contributed by atoms with Crippen molar-refractivity contribution in [3.8, 4) is 0 Å². The molecule has 4 heterocycles. The molecule has 51 heavy (non-hydrogen) atoms. The normalized spacial score (nSPS) is 21.0. The van der Waals surface area contributed by atoms with Gasteiger partial charge in [0.2, 0.25) is 11.8 Å². The minimum atomic E-state index is -1.01. The number of ketones is 1. The molecular weight excluding hydrogens is 780 g/mol. The zero-order chi connectivity index (χ0) is 36.1. The number of nitrogens with two attached hydrogens (primary N) is 1. The van der Waals surface area contributed by atoms with Crippen molar-refractivity contribution in [3.05, 3.63) is 56.5 Å². The van der Waals surface area contributed by atoms with Crippen LogP contribution in [0.1, 0.15) is 54.4 Å². The van der Waals surface area contributed by atoms with Gasteiger partial charge in [-0.2, -0.15) is 0 Å². The van der Waals surface area contributed by atoms with Gasteiger partial charge in [-0.15, -0.1) is 0 Å². The number of urea groups is 1. The number of nitrogen functional groups attached to an aromatic ring is 1. The van der Waals surface area contributed by atoms with Crippen molar-refractivity contribution < 1.29 is 19.2 Å². The number of likely N-dealkylation sites (tertiary alicyclic amines) is 2. The highest BCUT2D eigenvalue weighted by molar-refractivity contribution is 9.11. The van der Waals surface area contributed by atoms with Gasteiger partial charge in [0, 0.05) is 84.5 Å². The third kappa shape index (κ3) is 9.50. The van der Waals surface area contributed by atoms with E-state index in [4.69, 9.17) is 5.73 Å². The van der Waals surface area contributed by atoms with E-state index in [1.54, 1.807) is 17.0 Å². The number of nitrogens with zero attached hydrogens (tertiary/aromatic N) is 5. The number of piperidine rings is 2. The van der Waals surface area contributed by atoms with E-state index in [0.717, 1.165) is 69.8 Å². The van der Waals surface area contributed by atoms with Crippen molar-refractivity contribution in [3.63, 3.8) is 0 Å². The molecule has 1 atom stereocenters. The van der Waals surface area contributed by atoms with Crippen molar-refractivity contribution in [1.29, 1.82) is 0 Å². The van der Waals surface area contributed by atoms with Crippen LogP contribution in [-0.2, 0) is 16.0 Å². The predicted octanol–water partition coefficient (Wildman–Crippen LogP) is 4.03. The van der Waals surface area contributed by atoms with Gasteiger partial charge in [0.1, 0.15) is 6.04 Å². The lowest BCUT2D eigenvalue weighted by Gasteiger charge is -2.39.